The zero-order valence-electron chi connectivity index (χ0n) is 7.07. The van der Waals surface area contributed by atoms with Crippen LogP contribution in [0.1, 0.15) is 5.56 Å². The fraction of sp³-hybridized carbons (Fsp3) is 0.100. The van der Waals surface area contributed by atoms with Crippen LogP contribution in [0.3, 0.4) is 0 Å². The molecule has 0 atom stereocenters. The van der Waals surface area contributed by atoms with Gasteiger partial charge in [-0.05, 0) is 12.1 Å². The largest absolute Gasteiger partial charge is 0.497 e. The van der Waals surface area contributed by atoms with Gasteiger partial charge < -0.3 is 9.15 Å². The Morgan fingerprint density at radius 1 is 1.46 bits per heavy atom. The Labute approximate surface area is 75.1 Å². The second kappa shape index (κ2) is 2.83. The van der Waals surface area contributed by atoms with Gasteiger partial charge >= 0.3 is 0 Å². The highest BCUT2D eigenvalue weighted by Gasteiger charge is 2.05. The van der Waals surface area contributed by atoms with Crippen molar-refractivity contribution in [2.75, 3.05) is 7.11 Å². The fourth-order valence-electron chi connectivity index (χ4n) is 1.22. The van der Waals surface area contributed by atoms with Crippen LogP contribution < -0.4 is 4.74 Å². The van der Waals surface area contributed by atoms with E-state index in [9.17, 15) is 0 Å². The van der Waals surface area contributed by atoms with Gasteiger partial charge in [0.15, 0.2) is 0 Å². The maximum atomic E-state index is 8.71. The van der Waals surface area contributed by atoms with Crippen LogP contribution in [0.2, 0.25) is 0 Å². The highest BCUT2D eigenvalue weighted by atomic mass is 16.5. The Hall–Kier alpha value is -1.95. The van der Waals surface area contributed by atoms with Gasteiger partial charge in [-0.1, -0.05) is 0 Å². The average Bonchev–Trinajstić information content (AvgIpc) is 2.59. The van der Waals surface area contributed by atoms with E-state index < -0.39 is 0 Å². The summed E-state index contributed by atoms with van der Waals surface area (Å²) in [6, 6.07) is 7.43. The van der Waals surface area contributed by atoms with Crippen molar-refractivity contribution in [1.82, 2.24) is 0 Å². The molecule has 0 saturated carbocycles. The number of methoxy groups -OCH3 is 1. The molecule has 0 spiro atoms. The predicted molar refractivity (Wildman–Crippen MR) is 47.5 cm³/mol. The third-order valence-corrected chi connectivity index (χ3v) is 1.90. The molecule has 0 unspecified atom stereocenters. The minimum absolute atomic E-state index is 0.553. The second-order valence-electron chi connectivity index (χ2n) is 2.62. The van der Waals surface area contributed by atoms with Gasteiger partial charge in [-0.25, -0.2) is 0 Å². The molecule has 3 nitrogen and oxygen atoms in total. The van der Waals surface area contributed by atoms with Crippen LogP contribution in [0.15, 0.2) is 28.9 Å². The van der Waals surface area contributed by atoms with Gasteiger partial charge in [0.1, 0.15) is 23.7 Å². The molecule has 2 rings (SSSR count). The van der Waals surface area contributed by atoms with Crippen molar-refractivity contribution in [3.8, 4) is 11.8 Å². The first-order chi connectivity index (χ1) is 6.35. The lowest BCUT2D eigenvalue weighted by molar-refractivity contribution is 0.414. The molecule has 2 aromatic rings. The van der Waals surface area contributed by atoms with Crippen molar-refractivity contribution in [3.63, 3.8) is 0 Å². The van der Waals surface area contributed by atoms with Crippen LogP contribution in [0, 0.1) is 11.3 Å². The summed E-state index contributed by atoms with van der Waals surface area (Å²) in [4.78, 5) is 0. The average molecular weight is 173 g/mol. The van der Waals surface area contributed by atoms with Gasteiger partial charge in [0, 0.05) is 11.5 Å². The number of benzene rings is 1. The summed E-state index contributed by atoms with van der Waals surface area (Å²) in [5.41, 5.74) is 1.23. The summed E-state index contributed by atoms with van der Waals surface area (Å²) >= 11 is 0. The number of furan rings is 1. The van der Waals surface area contributed by atoms with Crippen molar-refractivity contribution in [2.45, 2.75) is 0 Å². The topological polar surface area (TPSA) is 46.2 Å². The molecule has 0 amide bonds. The van der Waals surface area contributed by atoms with Gasteiger partial charge in [0.25, 0.3) is 0 Å². The van der Waals surface area contributed by atoms with Gasteiger partial charge in [-0.2, -0.15) is 5.26 Å². The fourth-order valence-corrected chi connectivity index (χ4v) is 1.22. The third-order valence-electron chi connectivity index (χ3n) is 1.90. The molecular weight excluding hydrogens is 166 g/mol. The Bertz CT molecular complexity index is 479. The number of ether oxygens (including phenoxy) is 1. The van der Waals surface area contributed by atoms with Gasteiger partial charge in [-0.3, -0.25) is 0 Å². The van der Waals surface area contributed by atoms with E-state index in [2.05, 4.69) is 6.07 Å². The molecule has 0 aliphatic carbocycles. The molecular formula is C10H7NO2. The van der Waals surface area contributed by atoms with E-state index in [0.29, 0.717) is 11.1 Å². The predicted octanol–water partition coefficient (Wildman–Crippen LogP) is 2.31. The Kier molecular flexibility index (Phi) is 1.67. The molecule has 0 saturated heterocycles. The van der Waals surface area contributed by atoms with Crippen LogP contribution in [0.25, 0.3) is 11.0 Å². The van der Waals surface area contributed by atoms with E-state index in [4.69, 9.17) is 14.4 Å². The third kappa shape index (κ3) is 1.13. The molecule has 13 heavy (non-hydrogen) atoms. The number of nitriles is 1. The molecule has 0 bridgehead atoms. The maximum Gasteiger partial charge on any atom is 0.138 e. The van der Waals surface area contributed by atoms with Gasteiger partial charge in [0.2, 0.25) is 0 Å². The zero-order chi connectivity index (χ0) is 9.26. The summed E-state index contributed by atoms with van der Waals surface area (Å²) in [6.45, 7) is 0. The lowest BCUT2D eigenvalue weighted by atomic mass is 10.2. The summed E-state index contributed by atoms with van der Waals surface area (Å²) in [5.74, 6) is 0.728. The van der Waals surface area contributed by atoms with E-state index >= 15 is 0 Å². The van der Waals surface area contributed by atoms with Crippen molar-refractivity contribution in [2.24, 2.45) is 0 Å². The summed E-state index contributed by atoms with van der Waals surface area (Å²) < 4.78 is 10.2. The second-order valence-corrected chi connectivity index (χ2v) is 2.62. The molecule has 0 aliphatic rings. The molecule has 64 valence electrons. The molecule has 0 radical (unpaired) electrons. The Morgan fingerprint density at radius 3 is 3.00 bits per heavy atom. The molecule has 1 aromatic heterocycles. The van der Waals surface area contributed by atoms with E-state index in [1.807, 2.05) is 6.07 Å². The van der Waals surface area contributed by atoms with Crippen LogP contribution in [0.5, 0.6) is 5.75 Å². The minimum atomic E-state index is 0.553. The number of hydrogen-bond donors (Lipinski definition) is 0. The SMILES string of the molecule is COc1ccc2c(C#N)coc2c1. The van der Waals surface area contributed by atoms with Crippen molar-refractivity contribution >= 4 is 11.0 Å². The van der Waals surface area contributed by atoms with Crippen molar-refractivity contribution in [1.29, 1.82) is 5.26 Å². The molecule has 0 fully saturated rings. The van der Waals surface area contributed by atoms with E-state index in [-0.39, 0.29) is 0 Å². The molecule has 1 heterocycles. The van der Waals surface area contributed by atoms with Crippen LogP contribution in [-0.2, 0) is 0 Å². The zero-order valence-corrected chi connectivity index (χ0v) is 7.07. The minimum Gasteiger partial charge on any atom is -0.497 e. The van der Waals surface area contributed by atoms with E-state index in [0.717, 1.165) is 11.1 Å². The number of nitrogens with zero attached hydrogens (tertiary/aromatic N) is 1. The monoisotopic (exact) mass is 173 g/mol. The Balaban J connectivity index is 2.70. The van der Waals surface area contributed by atoms with E-state index in [1.165, 1.54) is 6.26 Å². The summed E-state index contributed by atoms with van der Waals surface area (Å²) in [6.07, 6.45) is 1.45. The van der Waals surface area contributed by atoms with Crippen LogP contribution >= 0.6 is 0 Å². The lowest BCUT2D eigenvalue weighted by Gasteiger charge is -1.96. The van der Waals surface area contributed by atoms with Gasteiger partial charge in [0.05, 0.1) is 12.7 Å². The number of hydrogen-bond acceptors (Lipinski definition) is 3. The summed E-state index contributed by atoms with van der Waals surface area (Å²) in [7, 11) is 1.59. The highest BCUT2D eigenvalue weighted by molar-refractivity contribution is 5.84. The highest BCUT2D eigenvalue weighted by Crippen LogP contribution is 2.24. The summed E-state index contributed by atoms with van der Waals surface area (Å²) in [5, 5.41) is 9.53. The van der Waals surface area contributed by atoms with Crippen LogP contribution in [-0.4, -0.2) is 7.11 Å². The first kappa shape index (κ1) is 7.69. The van der Waals surface area contributed by atoms with E-state index in [1.54, 1.807) is 19.2 Å². The first-order valence-corrected chi connectivity index (χ1v) is 3.80. The number of rotatable bonds is 1. The maximum absolute atomic E-state index is 8.71. The molecule has 3 heteroatoms. The Morgan fingerprint density at radius 2 is 2.31 bits per heavy atom. The standard InChI is InChI=1S/C10H7NO2/c1-12-8-2-3-9-7(5-11)6-13-10(9)4-8/h2-4,6H,1H3. The molecule has 0 aliphatic heterocycles. The molecule has 0 N–H and O–H groups in total. The number of fused-ring (bicyclic) bond motifs is 1. The van der Waals surface area contributed by atoms with Gasteiger partial charge in [-0.15, -0.1) is 0 Å². The van der Waals surface area contributed by atoms with Crippen LogP contribution in [0.4, 0.5) is 0 Å². The van der Waals surface area contributed by atoms with Crippen molar-refractivity contribution in [3.05, 3.63) is 30.0 Å². The van der Waals surface area contributed by atoms with Crippen molar-refractivity contribution < 1.29 is 9.15 Å². The smallest absolute Gasteiger partial charge is 0.138 e. The first-order valence-electron chi connectivity index (χ1n) is 3.80. The quantitative estimate of drug-likeness (QED) is 0.664. The normalized spacial score (nSPS) is 9.85. The lowest BCUT2D eigenvalue weighted by Crippen LogP contribution is -1.80. The molecule has 1 aromatic carbocycles.